The van der Waals surface area contributed by atoms with Crippen molar-refractivity contribution < 1.29 is 0 Å². The highest BCUT2D eigenvalue weighted by molar-refractivity contribution is 5.55. The molecule has 0 aromatic carbocycles. The molecule has 0 aromatic rings. The molecular formula is C6H10N2. The van der Waals surface area contributed by atoms with Gasteiger partial charge in [-0.05, 0) is 0 Å². The van der Waals surface area contributed by atoms with E-state index in [0.717, 1.165) is 13.1 Å². The summed E-state index contributed by atoms with van der Waals surface area (Å²) in [6, 6.07) is 0. The molecule has 0 aromatic heterocycles. The minimum absolute atomic E-state index is 1.03. The summed E-state index contributed by atoms with van der Waals surface area (Å²) < 4.78 is 0. The summed E-state index contributed by atoms with van der Waals surface area (Å²) >= 11 is 0. The predicted molar refractivity (Wildman–Crippen MR) is 35.1 cm³/mol. The Morgan fingerprint density at radius 1 is 1.50 bits per heavy atom. The minimum atomic E-state index is 1.03. The topological polar surface area (TPSA) is 15.6 Å². The van der Waals surface area contributed by atoms with Crippen LogP contribution in [0.3, 0.4) is 0 Å². The molecule has 1 aliphatic rings. The van der Waals surface area contributed by atoms with Crippen LogP contribution in [0.4, 0.5) is 0 Å². The van der Waals surface area contributed by atoms with Gasteiger partial charge in [0.05, 0.1) is 6.34 Å². The van der Waals surface area contributed by atoms with Crippen LogP contribution in [0.2, 0.25) is 0 Å². The van der Waals surface area contributed by atoms with Gasteiger partial charge >= 0.3 is 0 Å². The van der Waals surface area contributed by atoms with E-state index in [1.165, 1.54) is 0 Å². The van der Waals surface area contributed by atoms with Crippen LogP contribution in [-0.2, 0) is 0 Å². The largest absolute Gasteiger partial charge is 0.356 e. The summed E-state index contributed by atoms with van der Waals surface area (Å²) in [5.41, 5.74) is 0. The molecule has 2 nitrogen and oxygen atoms in total. The number of hydrogen-bond acceptors (Lipinski definition) is 1. The van der Waals surface area contributed by atoms with Gasteiger partial charge in [0.2, 0.25) is 0 Å². The standard InChI is InChI=1S/C6H10N2/c1-7-6-8-4-2-3-5-8/h2-3,6H,4-5H2,1H3. The monoisotopic (exact) mass is 110 g/mol. The van der Waals surface area contributed by atoms with Crippen LogP contribution in [0.5, 0.6) is 0 Å². The first-order valence-electron chi connectivity index (χ1n) is 2.75. The summed E-state index contributed by atoms with van der Waals surface area (Å²) in [6.45, 7) is 2.05. The first-order valence-corrected chi connectivity index (χ1v) is 2.75. The van der Waals surface area contributed by atoms with Gasteiger partial charge in [-0.1, -0.05) is 12.2 Å². The summed E-state index contributed by atoms with van der Waals surface area (Å²) in [6.07, 6.45) is 6.14. The number of nitrogens with zero attached hydrogens (tertiary/aromatic N) is 2. The fourth-order valence-electron chi connectivity index (χ4n) is 0.752. The Kier molecular flexibility index (Phi) is 1.67. The Bertz CT molecular complexity index is 108. The van der Waals surface area contributed by atoms with E-state index in [2.05, 4.69) is 22.0 Å². The average Bonchev–Trinajstić information content (AvgIpc) is 2.19. The van der Waals surface area contributed by atoms with Crippen molar-refractivity contribution in [2.45, 2.75) is 0 Å². The molecule has 0 unspecified atom stereocenters. The second kappa shape index (κ2) is 2.50. The maximum absolute atomic E-state index is 3.88. The molecule has 1 rings (SSSR count). The zero-order valence-electron chi connectivity index (χ0n) is 5.04. The maximum atomic E-state index is 3.88. The van der Waals surface area contributed by atoms with Gasteiger partial charge in [0.25, 0.3) is 0 Å². The van der Waals surface area contributed by atoms with E-state index in [1.54, 1.807) is 7.05 Å². The van der Waals surface area contributed by atoms with Crippen molar-refractivity contribution in [1.29, 1.82) is 0 Å². The molecule has 0 fully saturated rings. The molecular weight excluding hydrogens is 100 g/mol. The molecule has 2 heteroatoms. The van der Waals surface area contributed by atoms with E-state index in [-0.39, 0.29) is 0 Å². The van der Waals surface area contributed by atoms with Gasteiger partial charge in [0, 0.05) is 20.1 Å². The van der Waals surface area contributed by atoms with Gasteiger partial charge < -0.3 is 4.90 Å². The van der Waals surface area contributed by atoms with Gasteiger partial charge in [-0.2, -0.15) is 0 Å². The molecule has 0 saturated heterocycles. The number of rotatable bonds is 1. The fourth-order valence-corrected chi connectivity index (χ4v) is 0.752. The Labute approximate surface area is 49.5 Å². The molecule has 1 heterocycles. The lowest BCUT2D eigenvalue weighted by Crippen LogP contribution is -2.16. The van der Waals surface area contributed by atoms with Crippen molar-refractivity contribution >= 4 is 6.34 Å². The highest BCUT2D eigenvalue weighted by atomic mass is 15.1. The normalized spacial score (nSPS) is 18.9. The van der Waals surface area contributed by atoms with E-state index >= 15 is 0 Å². The summed E-state index contributed by atoms with van der Waals surface area (Å²) in [5, 5.41) is 0. The van der Waals surface area contributed by atoms with Crippen LogP contribution in [-0.4, -0.2) is 31.4 Å². The Balaban J connectivity index is 2.30. The minimum Gasteiger partial charge on any atom is -0.356 e. The van der Waals surface area contributed by atoms with Crippen molar-refractivity contribution in [3.63, 3.8) is 0 Å². The van der Waals surface area contributed by atoms with E-state index in [4.69, 9.17) is 0 Å². The SMILES string of the molecule is CN=CN1CC=CC1. The molecule has 0 aliphatic carbocycles. The van der Waals surface area contributed by atoms with Gasteiger partial charge in [-0.25, -0.2) is 0 Å². The zero-order valence-corrected chi connectivity index (χ0v) is 5.04. The van der Waals surface area contributed by atoms with Crippen LogP contribution < -0.4 is 0 Å². The third-order valence-electron chi connectivity index (χ3n) is 1.13. The quantitative estimate of drug-likeness (QED) is 0.273. The van der Waals surface area contributed by atoms with Crippen LogP contribution in [0.15, 0.2) is 17.1 Å². The molecule has 0 saturated carbocycles. The zero-order chi connectivity index (χ0) is 5.82. The molecule has 0 amide bonds. The summed E-state index contributed by atoms with van der Waals surface area (Å²) in [5.74, 6) is 0. The molecule has 8 heavy (non-hydrogen) atoms. The van der Waals surface area contributed by atoms with E-state index < -0.39 is 0 Å². The smallest absolute Gasteiger partial charge is 0.0851 e. The van der Waals surface area contributed by atoms with E-state index in [0.29, 0.717) is 0 Å². The van der Waals surface area contributed by atoms with Gasteiger partial charge in [-0.15, -0.1) is 0 Å². The van der Waals surface area contributed by atoms with Crippen LogP contribution in [0.1, 0.15) is 0 Å². The third-order valence-corrected chi connectivity index (χ3v) is 1.13. The second-order valence-electron chi connectivity index (χ2n) is 1.80. The lowest BCUT2D eigenvalue weighted by molar-refractivity contribution is 0.556. The van der Waals surface area contributed by atoms with Crippen LogP contribution >= 0.6 is 0 Å². The van der Waals surface area contributed by atoms with E-state index in [9.17, 15) is 0 Å². The van der Waals surface area contributed by atoms with Crippen molar-refractivity contribution in [3.8, 4) is 0 Å². The van der Waals surface area contributed by atoms with Crippen molar-refractivity contribution in [2.24, 2.45) is 4.99 Å². The molecule has 1 aliphatic heterocycles. The molecule has 0 radical (unpaired) electrons. The molecule has 0 atom stereocenters. The fraction of sp³-hybridized carbons (Fsp3) is 0.500. The third kappa shape index (κ3) is 1.09. The van der Waals surface area contributed by atoms with E-state index in [1.807, 2.05) is 6.34 Å². The lowest BCUT2D eigenvalue weighted by atomic mass is 10.6. The van der Waals surface area contributed by atoms with Crippen LogP contribution in [0.25, 0.3) is 0 Å². The Hall–Kier alpha value is -0.790. The summed E-state index contributed by atoms with van der Waals surface area (Å²) in [4.78, 5) is 6.02. The van der Waals surface area contributed by atoms with Crippen LogP contribution in [0, 0.1) is 0 Å². The molecule has 0 bridgehead atoms. The first-order chi connectivity index (χ1) is 3.93. The summed E-state index contributed by atoms with van der Waals surface area (Å²) in [7, 11) is 1.79. The molecule has 0 spiro atoms. The molecule has 44 valence electrons. The van der Waals surface area contributed by atoms with Gasteiger partial charge in [0.15, 0.2) is 0 Å². The van der Waals surface area contributed by atoms with Crippen molar-refractivity contribution in [1.82, 2.24) is 4.90 Å². The second-order valence-corrected chi connectivity index (χ2v) is 1.80. The average molecular weight is 110 g/mol. The molecule has 0 N–H and O–H groups in total. The Morgan fingerprint density at radius 2 is 2.12 bits per heavy atom. The van der Waals surface area contributed by atoms with Gasteiger partial charge in [-0.3, -0.25) is 4.99 Å². The van der Waals surface area contributed by atoms with Crippen molar-refractivity contribution in [3.05, 3.63) is 12.2 Å². The lowest BCUT2D eigenvalue weighted by Gasteiger charge is -2.07. The number of hydrogen-bond donors (Lipinski definition) is 0. The highest BCUT2D eigenvalue weighted by Crippen LogP contribution is 1.93. The maximum Gasteiger partial charge on any atom is 0.0851 e. The predicted octanol–water partition coefficient (Wildman–Crippen LogP) is 0.516. The van der Waals surface area contributed by atoms with Gasteiger partial charge in [0.1, 0.15) is 0 Å². The Morgan fingerprint density at radius 3 is 2.62 bits per heavy atom. The number of aliphatic imine (C=N–C) groups is 1. The first kappa shape index (κ1) is 5.35. The van der Waals surface area contributed by atoms with Crippen molar-refractivity contribution in [2.75, 3.05) is 20.1 Å². The highest BCUT2D eigenvalue weighted by Gasteiger charge is 1.97.